The predicted molar refractivity (Wildman–Crippen MR) is 88.9 cm³/mol. The maximum absolute atomic E-state index is 13.0. The summed E-state index contributed by atoms with van der Waals surface area (Å²) in [6.07, 6.45) is 2.06. The van der Waals surface area contributed by atoms with Gasteiger partial charge in [-0.15, -0.1) is 11.8 Å². The number of benzene rings is 1. The van der Waals surface area contributed by atoms with E-state index in [-0.39, 0.29) is 11.9 Å². The zero-order valence-corrected chi connectivity index (χ0v) is 14.3. The molecule has 0 radical (unpaired) electrons. The fourth-order valence-electron chi connectivity index (χ4n) is 3.17. The largest absolute Gasteiger partial charge is 0.479 e. The molecule has 1 aromatic heterocycles. The third-order valence-electron chi connectivity index (χ3n) is 4.40. The van der Waals surface area contributed by atoms with Crippen LogP contribution in [-0.4, -0.2) is 39.3 Å². The van der Waals surface area contributed by atoms with Gasteiger partial charge in [0.25, 0.3) is 5.91 Å². The SMILES string of the molecule is CCc1nc([C@@H]2CCCN2C(=O)[C@H]2CSc3ccccc3O2)no1. The van der Waals surface area contributed by atoms with E-state index in [1.54, 1.807) is 11.8 Å². The third-order valence-corrected chi connectivity index (χ3v) is 5.52. The molecule has 1 aromatic carbocycles. The molecule has 1 fully saturated rings. The summed E-state index contributed by atoms with van der Waals surface area (Å²) in [6.45, 7) is 2.69. The maximum Gasteiger partial charge on any atom is 0.265 e. The van der Waals surface area contributed by atoms with Gasteiger partial charge >= 0.3 is 0 Å². The van der Waals surface area contributed by atoms with Crippen molar-refractivity contribution in [3.05, 3.63) is 36.0 Å². The zero-order chi connectivity index (χ0) is 16.5. The molecule has 0 saturated carbocycles. The van der Waals surface area contributed by atoms with Crippen LogP contribution in [0, 0.1) is 0 Å². The van der Waals surface area contributed by atoms with Crippen LogP contribution in [-0.2, 0) is 11.2 Å². The molecular weight excluding hydrogens is 326 g/mol. The predicted octanol–water partition coefficient (Wildman–Crippen LogP) is 2.85. The number of likely N-dealkylation sites (tertiary alicyclic amines) is 1. The smallest absolute Gasteiger partial charge is 0.265 e. The number of rotatable bonds is 3. The molecule has 0 bridgehead atoms. The molecule has 126 valence electrons. The van der Waals surface area contributed by atoms with Crippen LogP contribution in [0.3, 0.4) is 0 Å². The normalized spacial score (nSPS) is 23.0. The second kappa shape index (κ2) is 6.47. The first-order valence-corrected chi connectivity index (χ1v) is 9.26. The Hall–Kier alpha value is -2.02. The highest BCUT2D eigenvalue weighted by molar-refractivity contribution is 7.99. The summed E-state index contributed by atoms with van der Waals surface area (Å²) in [5.74, 6) is 2.66. The lowest BCUT2D eigenvalue weighted by Crippen LogP contribution is -2.44. The molecular formula is C17H19N3O3S. The van der Waals surface area contributed by atoms with Crippen molar-refractivity contribution in [3.63, 3.8) is 0 Å². The van der Waals surface area contributed by atoms with E-state index in [1.807, 2.05) is 36.1 Å². The minimum Gasteiger partial charge on any atom is -0.479 e. The first kappa shape index (κ1) is 15.5. The first-order valence-electron chi connectivity index (χ1n) is 8.27. The van der Waals surface area contributed by atoms with Crippen LogP contribution in [0.4, 0.5) is 0 Å². The minimum absolute atomic E-state index is 0.0161. The number of carbonyl (C=O) groups excluding carboxylic acids is 1. The van der Waals surface area contributed by atoms with Gasteiger partial charge in [0.05, 0.1) is 6.04 Å². The van der Waals surface area contributed by atoms with Crippen molar-refractivity contribution in [1.29, 1.82) is 0 Å². The van der Waals surface area contributed by atoms with Crippen LogP contribution < -0.4 is 4.74 Å². The Bertz CT molecular complexity index is 748. The topological polar surface area (TPSA) is 68.5 Å². The van der Waals surface area contributed by atoms with Crippen LogP contribution in [0.5, 0.6) is 5.75 Å². The van der Waals surface area contributed by atoms with Gasteiger partial charge in [-0.25, -0.2) is 0 Å². The summed E-state index contributed by atoms with van der Waals surface area (Å²) in [6, 6.07) is 7.74. The summed E-state index contributed by atoms with van der Waals surface area (Å²) in [7, 11) is 0. The number of fused-ring (bicyclic) bond motifs is 1. The Morgan fingerprint density at radius 3 is 3.12 bits per heavy atom. The Morgan fingerprint density at radius 2 is 2.29 bits per heavy atom. The quantitative estimate of drug-likeness (QED) is 0.852. The lowest BCUT2D eigenvalue weighted by atomic mass is 10.2. The molecule has 2 aliphatic rings. The number of para-hydroxylation sites is 1. The monoisotopic (exact) mass is 345 g/mol. The summed E-state index contributed by atoms with van der Waals surface area (Å²) in [4.78, 5) is 20.3. The van der Waals surface area contributed by atoms with E-state index in [9.17, 15) is 4.79 Å². The number of thioether (sulfide) groups is 1. The van der Waals surface area contributed by atoms with Gasteiger partial charge in [-0.05, 0) is 25.0 Å². The molecule has 2 aromatic rings. The molecule has 7 heteroatoms. The van der Waals surface area contributed by atoms with Crippen LogP contribution in [0.1, 0.15) is 37.5 Å². The number of hydrogen-bond donors (Lipinski definition) is 0. The number of carbonyl (C=O) groups is 1. The summed E-state index contributed by atoms with van der Waals surface area (Å²) < 4.78 is 11.2. The molecule has 6 nitrogen and oxygen atoms in total. The molecule has 24 heavy (non-hydrogen) atoms. The molecule has 0 unspecified atom stereocenters. The molecule has 2 atom stereocenters. The summed E-state index contributed by atoms with van der Waals surface area (Å²) in [5.41, 5.74) is 0. The highest BCUT2D eigenvalue weighted by Gasteiger charge is 2.38. The van der Waals surface area contributed by atoms with Crippen molar-refractivity contribution >= 4 is 17.7 Å². The van der Waals surface area contributed by atoms with E-state index in [0.717, 1.165) is 23.5 Å². The fourth-order valence-corrected chi connectivity index (χ4v) is 4.15. The Balaban J connectivity index is 1.51. The highest BCUT2D eigenvalue weighted by Crippen LogP contribution is 2.37. The van der Waals surface area contributed by atoms with Gasteiger partial charge in [0.2, 0.25) is 5.89 Å². The highest BCUT2D eigenvalue weighted by atomic mass is 32.2. The van der Waals surface area contributed by atoms with Crippen LogP contribution in [0.2, 0.25) is 0 Å². The third kappa shape index (κ3) is 2.77. The van der Waals surface area contributed by atoms with Crippen molar-refractivity contribution < 1.29 is 14.1 Å². The Labute approximate surface area is 144 Å². The van der Waals surface area contributed by atoms with Gasteiger partial charge in [0.15, 0.2) is 11.9 Å². The van der Waals surface area contributed by atoms with Crippen molar-refractivity contribution in [2.75, 3.05) is 12.3 Å². The fraction of sp³-hybridized carbons (Fsp3) is 0.471. The van der Waals surface area contributed by atoms with E-state index >= 15 is 0 Å². The molecule has 3 heterocycles. The molecule has 1 amide bonds. The number of amides is 1. The number of hydrogen-bond acceptors (Lipinski definition) is 6. The van der Waals surface area contributed by atoms with Gasteiger partial charge in [-0.3, -0.25) is 4.79 Å². The van der Waals surface area contributed by atoms with E-state index in [0.29, 0.717) is 30.4 Å². The molecule has 4 rings (SSSR count). The Kier molecular flexibility index (Phi) is 4.18. The lowest BCUT2D eigenvalue weighted by Gasteiger charge is -2.30. The summed E-state index contributed by atoms with van der Waals surface area (Å²) >= 11 is 1.67. The molecule has 0 N–H and O–H groups in total. The number of nitrogens with zero attached hydrogens (tertiary/aromatic N) is 3. The second-order valence-electron chi connectivity index (χ2n) is 5.95. The van der Waals surface area contributed by atoms with Crippen molar-refractivity contribution in [3.8, 4) is 5.75 Å². The van der Waals surface area contributed by atoms with Gasteiger partial charge < -0.3 is 14.2 Å². The zero-order valence-electron chi connectivity index (χ0n) is 13.5. The number of ether oxygens (including phenoxy) is 1. The average Bonchev–Trinajstić information content (AvgIpc) is 3.29. The van der Waals surface area contributed by atoms with Crippen molar-refractivity contribution in [1.82, 2.24) is 15.0 Å². The maximum atomic E-state index is 13.0. The van der Waals surface area contributed by atoms with E-state index in [4.69, 9.17) is 9.26 Å². The molecule has 0 spiro atoms. The average molecular weight is 345 g/mol. The first-order chi connectivity index (χ1) is 11.8. The molecule has 0 aliphatic carbocycles. The summed E-state index contributed by atoms with van der Waals surface area (Å²) in [5, 5.41) is 4.06. The van der Waals surface area contributed by atoms with Crippen molar-refractivity contribution in [2.24, 2.45) is 0 Å². The van der Waals surface area contributed by atoms with Crippen molar-refractivity contribution in [2.45, 2.75) is 43.2 Å². The van der Waals surface area contributed by atoms with Crippen LogP contribution in [0.15, 0.2) is 33.7 Å². The molecule has 2 aliphatic heterocycles. The standard InChI is InChI=1S/C17H19N3O3S/c1-2-15-18-16(19-23-15)11-6-5-9-20(11)17(21)13-10-24-14-8-4-3-7-12(14)22-13/h3-4,7-8,11,13H,2,5-6,9-10H2,1H3/t11-,13+/m0/s1. The van der Waals surface area contributed by atoms with E-state index in [2.05, 4.69) is 10.1 Å². The van der Waals surface area contributed by atoms with Crippen LogP contribution in [0.25, 0.3) is 0 Å². The second-order valence-corrected chi connectivity index (χ2v) is 7.02. The minimum atomic E-state index is -0.456. The molecule has 1 saturated heterocycles. The number of aromatic nitrogens is 2. The van der Waals surface area contributed by atoms with Gasteiger partial charge in [0, 0.05) is 23.6 Å². The van der Waals surface area contributed by atoms with Gasteiger partial charge in [-0.1, -0.05) is 24.2 Å². The van der Waals surface area contributed by atoms with Crippen LogP contribution >= 0.6 is 11.8 Å². The Morgan fingerprint density at radius 1 is 1.42 bits per heavy atom. The lowest BCUT2D eigenvalue weighted by molar-refractivity contribution is -0.139. The van der Waals surface area contributed by atoms with E-state index in [1.165, 1.54) is 0 Å². The van der Waals surface area contributed by atoms with Gasteiger partial charge in [0.1, 0.15) is 5.75 Å². The van der Waals surface area contributed by atoms with Gasteiger partial charge in [-0.2, -0.15) is 4.98 Å². The van der Waals surface area contributed by atoms with E-state index < -0.39 is 6.10 Å². The number of aryl methyl sites for hydroxylation is 1.